The fourth-order valence-corrected chi connectivity index (χ4v) is 2.57. The van der Waals surface area contributed by atoms with Crippen LogP contribution >= 0.6 is 23.1 Å². The van der Waals surface area contributed by atoms with Gasteiger partial charge < -0.3 is 10.6 Å². The van der Waals surface area contributed by atoms with E-state index < -0.39 is 24.7 Å². The normalized spacial score (nSPS) is 10.9. The molecule has 122 valence electrons. The summed E-state index contributed by atoms with van der Waals surface area (Å²) in [5.41, 5.74) is 0. The number of rotatable bonds is 7. The number of carbonyl (C=O) groups excluding carboxylic acids is 2. The second kappa shape index (κ2) is 8.58. The molecule has 3 amide bonds. The number of urea groups is 1. The standard InChI is InChI=1S/C10H12F3N5O2S2/c1-2-3-14-8-17-18-9(22-8)21-4-6(19)16-7(20)15-5-10(11,12)13/h2H,1,3-5H2,(H,14,17)(H2,15,16,19,20). The van der Waals surface area contributed by atoms with E-state index in [1.807, 2.05) is 0 Å². The number of amides is 3. The molecular weight excluding hydrogens is 343 g/mol. The van der Waals surface area contributed by atoms with Crippen LogP contribution in [0.1, 0.15) is 0 Å². The Bertz CT molecular complexity index is 535. The molecule has 0 atom stereocenters. The molecule has 1 heterocycles. The number of nitrogens with one attached hydrogen (secondary N) is 3. The van der Waals surface area contributed by atoms with Gasteiger partial charge in [-0.3, -0.25) is 10.1 Å². The summed E-state index contributed by atoms with van der Waals surface area (Å²) in [7, 11) is 0. The third-order valence-corrected chi connectivity index (χ3v) is 3.85. The van der Waals surface area contributed by atoms with Crippen LogP contribution < -0.4 is 16.0 Å². The van der Waals surface area contributed by atoms with Crippen LogP contribution in [0.15, 0.2) is 17.0 Å². The van der Waals surface area contributed by atoms with Gasteiger partial charge in [-0.15, -0.1) is 16.8 Å². The van der Waals surface area contributed by atoms with Crippen molar-refractivity contribution in [3.05, 3.63) is 12.7 Å². The molecule has 22 heavy (non-hydrogen) atoms. The van der Waals surface area contributed by atoms with E-state index in [4.69, 9.17) is 0 Å². The molecule has 0 unspecified atom stereocenters. The Morgan fingerprint density at radius 3 is 2.73 bits per heavy atom. The van der Waals surface area contributed by atoms with Gasteiger partial charge in [-0.05, 0) is 0 Å². The number of thioether (sulfide) groups is 1. The van der Waals surface area contributed by atoms with E-state index in [2.05, 4.69) is 22.1 Å². The van der Waals surface area contributed by atoms with Crippen molar-refractivity contribution in [3.8, 4) is 0 Å². The number of alkyl halides is 3. The van der Waals surface area contributed by atoms with Gasteiger partial charge in [-0.2, -0.15) is 13.2 Å². The third kappa shape index (κ3) is 7.83. The fourth-order valence-electron chi connectivity index (χ4n) is 1.01. The number of carbonyl (C=O) groups is 2. The maximum absolute atomic E-state index is 11.9. The SMILES string of the molecule is C=CCNc1nnc(SCC(=O)NC(=O)NCC(F)(F)F)s1. The number of anilines is 1. The summed E-state index contributed by atoms with van der Waals surface area (Å²) in [5.74, 6) is -0.907. The fraction of sp³-hybridized carbons (Fsp3) is 0.400. The van der Waals surface area contributed by atoms with Gasteiger partial charge in [0.15, 0.2) is 4.34 Å². The molecule has 1 aromatic heterocycles. The number of imide groups is 1. The van der Waals surface area contributed by atoms with Gasteiger partial charge in [0, 0.05) is 6.54 Å². The van der Waals surface area contributed by atoms with Crippen molar-refractivity contribution in [1.29, 1.82) is 0 Å². The van der Waals surface area contributed by atoms with Crippen molar-refractivity contribution in [2.75, 3.05) is 24.2 Å². The molecule has 0 spiro atoms. The minimum atomic E-state index is -4.53. The molecule has 1 rings (SSSR count). The zero-order valence-corrected chi connectivity index (χ0v) is 12.7. The first-order valence-corrected chi connectivity index (χ1v) is 7.56. The van der Waals surface area contributed by atoms with Crippen molar-refractivity contribution < 1.29 is 22.8 Å². The Hall–Kier alpha value is -1.82. The van der Waals surface area contributed by atoms with E-state index >= 15 is 0 Å². The molecule has 0 aromatic carbocycles. The second-order valence-electron chi connectivity index (χ2n) is 3.68. The quantitative estimate of drug-likeness (QED) is 0.508. The van der Waals surface area contributed by atoms with E-state index in [1.54, 1.807) is 11.4 Å². The molecular formula is C10H12F3N5O2S2. The number of halogens is 3. The number of hydrogen-bond acceptors (Lipinski definition) is 7. The number of nitrogens with zero attached hydrogens (tertiary/aromatic N) is 2. The lowest BCUT2D eigenvalue weighted by Crippen LogP contribution is -2.43. The van der Waals surface area contributed by atoms with Gasteiger partial charge in [-0.25, -0.2) is 4.79 Å². The molecule has 0 bridgehead atoms. The molecule has 12 heteroatoms. The average molecular weight is 355 g/mol. The average Bonchev–Trinajstić information content (AvgIpc) is 2.88. The van der Waals surface area contributed by atoms with Crippen molar-refractivity contribution in [2.24, 2.45) is 0 Å². The van der Waals surface area contributed by atoms with Crippen LogP contribution in [0.3, 0.4) is 0 Å². The van der Waals surface area contributed by atoms with Crippen LogP contribution in [0.25, 0.3) is 0 Å². The molecule has 0 aliphatic rings. The molecule has 0 aliphatic carbocycles. The summed E-state index contributed by atoms with van der Waals surface area (Å²) in [6.45, 7) is 2.53. The summed E-state index contributed by atoms with van der Waals surface area (Å²) in [6, 6.07) is -1.20. The summed E-state index contributed by atoms with van der Waals surface area (Å²) in [5, 5.41) is 14.4. The topological polar surface area (TPSA) is 96.0 Å². The first kappa shape index (κ1) is 18.2. The third-order valence-electron chi connectivity index (χ3n) is 1.83. The smallest absolute Gasteiger partial charge is 0.357 e. The van der Waals surface area contributed by atoms with Crippen molar-refractivity contribution in [3.63, 3.8) is 0 Å². The van der Waals surface area contributed by atoms with Crippen LogP contribution in [-0.2, 0) is 4.79 Å². The molecule has 0 saturated carbocycles. The highest BCUT2D eigenvalue weighted by Gasteiger charge is 2.27. The van der Waals surface area contributed by atoms with Crippen LogP contribution in [0.5, 0.6) is 0 Å². The minimum absolute atomic E-state index is 0.171. The van der Waals surface area contributed by atoms with Gasteiger partial charge in [0.1, 0.15) is 6.54 Å². The largest absolute Gasteiger partial charge is 0.405 e. The Labute approximate surface area is 131 Å². The number of aromatic nitrogens is 2. The zero-order valence-electron chi connectivity index (χ0n) is 11.1. The van der Waals surface area contributed by atoms with Crippen molar-refractivity contribution in [1.82, 2.24) is 20.8 Å². The highest BCUT2D eigenvalue weighted by Crippen LogP contribution is 2.24. The Balaban J connectivity index is 2.29. The van der Waals surface area contributed by atoms with E-state index in [-0.39, 0.29) is 5.75 Å². The summed E-state index contributed by atoms with van der Waals surface area (Å²) < 4.78 is 36.1. The monoisotopic (exact) mass is 355 g/mol. The highest BCUT2D eigenvalue weighted by atomic mass is 32.2. The van der Waals surface area contributed by atoms with Crippen LogP contribution in [-0.4, -0.2) is 47.2 Å². The lowest BCUT2D eigenvalue weighted by atomic mass is 10.6. The maximum atomic E-state index is 11.9. The van der Waals surface area contributed by atoms with Gasteiger partial charge in [-0.1, -0.05) is 29.2 Å². The Morgan fingerprint density at radius 1 is 1.36 bits per heavy atom. The van der Waals surface area contributed by atoms with Gasteiger partial charge in [0.25, 0.3) is 0 Å². The maximum Gasteiger partial charge on any atom is 0.405 e. The summed E-state index contributed by atoms with van der Waals surface area (Å²) in [4.78, 5) is 22.4. The van der Waals surface area contributed by atoms with Crippen molar-refractivity contribution >= 4 is 40.2 Å². The minimum Gasteiger partial charge on any atom is -0.357 e. The number of hydrogen-bond donors (Lipinski definition) is 3. The van der Waals surface area contributed by atoms with Gasteiger partial charge >= 0.3 is 12.2 Å². The van der Waals surface area contributed by atoms with Gasteiger partial charge in [0.05, 0.1) is 5.75 Å². The second-order valence-corrected chi connectivity index (χ2v) is 5.88. The molecule has 0 fully saturated rings. The molecule has 1 aromatic rings. The summed E-state index contributed by atoms with van der Waals surface area (Å²) >= 11 is 2.21. The van der Waals surface area contributed by atoms with Crippen LogP contribution in [0, 0.1) is 0 Å². The predicted octanol–water partition coefficient (Wildman–Crippen LogP) is 1.62. The first-order chi connectivity index (χ1) is 10.3. The lowest BCUT2D eigenvalue weighted by Gasteiger charge is -2.08. The first-order valence-electron chi connectivity index (χ1n) is 5.75. The van der Waals surface area contributed by atoms with E-state index in [0.29, 0.717) is 16.0 Å². The predicted molar refractivity (Wildman–Crippen MR) is 76.9 cm³/mol. The zero-order chi connectivity index (χ0) is 16.6. The lowest BCUT2D eigenvalue weighted by molar-refractivity contribution is -0.124. The van der Waals surface area contributed by atoms with Crippen LogP contribution in [0.4, 0.5) is 23.1 Å². The van der Waals surface area contributed by atoms with E-state index in [1.165, 1.54) is 16.7 Å². The Morgan fingerprint density at radius 2 is 2.09 bits per heavy atom. The Kier molecular flexibility index (Phi) is 7.11. The van der Waals surface area contributed by atoms with E-state index in [0.717, 1.165) is 11.8 Å². The highest BCUT2D eigenvalue weighted by molar-refractivity contribution is 8.01. The van der Waals surface area contributed by atoms with Gasteiger partial charge in [0.2, 0.25) is 11.0 Å². The molecule has 0 saturated heterocycles. The molecule has 7 nitrogen and oxygen atoms in total. The molecule has 0 aliphatic heterocycles. The van der Waals surface area contributed by atoms with Crippen molar-refractivity contribution in [2.45, 2.75) is 10.5 Å². The molecule has 3 N–H and O–H groups in total. The van der Waals surface area contributed by atoms with E-state index in [9.17, 15) is 22.8 Å². The summed E-state index contributed by atoms with van der Waals surface area (Å²) in [6.07, 6.45) is -2.89. The molecule has 0 radical (unpaired) electrons. The van der Waals surface area contributed by atoms with Crippen LogP contribution in [0.2, 0.25) is 0 Å².